The van der Waals surface area contributed by atoms with E-state index in [9.17, 15) is 9.59 Å². The SMILES string of the molecule is CC(=O)CC/C=C(C)/C=C/C1=C(C)C(=O)CC[C@@]1(C)COCc1ccccc1. The van der Waals surface area contributed by atoms with Gasteiger partial charge in [0.05, 0.1) is 13.2 Å². The zero-order valence-corrected chi connectivity index (χ0v) is 17.6. The van der Waals surface area contributed by atoms with Crippen molar-refractivity contribution in [1.29, 1.82) is 0 Å². The molecular weight excluding hydrogens is 348 g/mol. The fourth-order valence-electron chi connectivity index (χ4n) is 3.54. The predicted molar refractivity (Wildman–Crippen MR) is 114 cm³/mol. The maximum absolute atomic E-state index is 12.3. The Morgan fingerprint density at radius 1 is 1.21 bits per heavy atom. The molecular formula is C25H32O3. The summed E-state index contributed by atoms with van der Waals surface area (Å²) in [7, 11) is 0. The fourth-order valence-corrected chi connectivity index (χ4v) is 3.54. The summed E-state index contributed by atoms with van der Waals surface area (Å²) in [6.07, 6.45) is 8.87. The number of carbonyl (C=O) groups is 2. The van der Waals surface area contributed by atoms with Crippen LogP contribution < -0.4 is 0 Å². The number of Topliss-reactive ketones (excluding diaryl/α,β-unsaturated/α-hetero) is 2. The summed E-state index contributed by atoms with van der Waals surface area (Å²) in [5.41, 5.74) is 3.98. The molecule has 1 aliphatic rings. The Labute approximate surface area is 169 Å². The lowest BCUT2D eigenvalue weighted by molar-refractivity contribution is -0.117. The van der Waals surface area contributed by atoms with Crippen LogP contribution in [0.2, 0.25) is 0 Å². The van der Waals surface area contributed by atoms with Gasteiger partial charge in [-0.25, -0.2) is 0 Å². The van der Waals surface area contributed by atoms with Gasteiger partial charge in [-0.1, -0.05) is 61.1 Å². The standard InChI is InChI=1S/C25H32O3/c1-19(9-8-10-20(2)26)13-14-23-21(3)24(27)15-16-25(23,4)18-28-17-22-11-6-5-7-12-22/h5-7,9,11-14H,8,10,15-18H2,1-4H3/b14-13+,19-9+/t25-/m0/s1. The van der Waals surface area contributed by atoms with Gasteiger partial charge in [-0.2, -0.15) is 0 Å². The number of hydrogen-bond donors (Lipinski definition) is 0. The third-order valence-electron chi connectivity index (χ3n) is 5.38. The summed E-state index contributed by atoms with van der Waals surface area (Å²) in [5.74, 6) is 0.422. The summed E-state index contributed by atoms with van der Waals surface area (Å²) < 4.78 is 6.04. The van der Waals surface area contributed by atoms with E-state index in [1.54, 1.807) is 6.92 Å². The summed E-state index contributed by atoms with van der Waals surface area (Å²) in [6, 6.07) is 10.1. The van der Waals surface area contributed by atoms with Crippen LogP contribution in [0.5, 0.6) is 0 Å². The molecule has 0 amide bonds. The molecule has 3 nitrogen and oxygen atoms in total. The molecule has 3 heteroatoms. The van der Waals surface area contributed by atoms with Crippen molar-refractivity contribution < 1.29 is 14.3 Å². The maximum atomic E-state index is 12.3. The fraction of sp³-hybridized carbons (Fsp3) is 0.440. The molecule has 0 unspecified atom stereocenters. The first kappa shape index (κ1) is 22.0. The minimum Gasteiger partial charge on any atom is -0.376 e. The average molecular weight is 381 g/mol. The molecule has 0 heterocycles. The zero-order valence-electron chi connectivity index (χ0n) is 17.6. The molecule has 0 saturated carbocycles. The predicted octanol–water partition coefficient (Wildman–Crippen LogP) is 5.76. The molecule has 0 saturated heterocycles. The highest BCUT2D eigenvalue weighted by molar-refractivity contribution is 5.97. The molecule has 1 aliphatic carbocycles. The van der Waals surface area contributed by atoms with Gasteiger partial charge in [-0.15, -0.1) is 0 Å². The lowest BCUT2D eigenvalue weighted by atomic mass is 9.71. The van der Waals surface area contributed by atoms with Gasteiger partial charge in [0.1, 0.15) is 5.78 Å². The van der Waals surface area contributed by atoms with E-state index in [1.165, 1.54) is 0 Å². The Hall–Kier alpha value is -2.26. The van der Waals surface area contributed by atoms with Crippen molar-refractivity contribution in [2.75, 3.05) is 6.61 Å². The molecule has 0 bridgehead atoms. The first-order chi connectivity index (χ1) is 13.3. The lowest BCUT2D eigenvalue weighted by Gasteiger charge is -2.35. The summed E-state index contributed by atoms with van der Waals surface area (Å²) in [6.45, 7) is 8.90. The van der Waals surface area contributed by atoms with Crippen molar-refractivity contribution in [3.63, 3.8) is 0 Å². The number of ether oxygens (including phenoxy) is 1. The van der Waals surface area contributed by atoms with Gasteiger partial charge in [0.25, 0.3) is 0 Å². The highest BCUT2D eigenvalue weighted by Gasteiger charge is 2.35. The van der Waals surface area contributed by atoms with E-state index in [0.717, 1.165) is 35.1 Å². The number of ketones is 2. The van der Waals surface area contributed by atoms with Crippen molar-refractivity contribution in [3.8, 4) is 0 Å². The number of rotatable bonds is 9. The van der Waals surface area contributed by atoms with Crippen LogP contribution in [0.3, 0.4) is 0 Å². The Bertz CT molecular complexity index is 783. The van der Waals surface area contributed by atoms with Crippen LogP contribution in [0.25, 0.3) is 0 Å². The Kier molecular flexibility index (Phi) is 8.13. The zero-order chi connectivity index (χ0) is 20.6. The molecule has 2 rings (SSSR count). The molecule has 1 atom stereocenters. The first-order valence-corrected chi connectivity index (χ1v) is 10.0. The molecule has 0 aromatic heterocycles. The van der Waals surface area contributed by atoms with Crippen LogP contribution in [0, 0.1) is 5.41 Å². The quantitative estimate of drug-likeness (QED) is 0.512. The average Bonchev–Trinajstić information content (AvgIpc) is 2.65. The van der Waals surface area contributed by atoms with Crippen molar-refractivity contribution in [3.05, 3.63) is 70.8 Å². The van der Waals surface area contributed by atoms with E-state index >= 15 is 0 Å². The molecule has 1 aromatic carbocycles. The molecule has 0 fully saturated rings. The number of benzene rings is 1. The van der Waals surface area contributed by atoms with E-state index in [-0.39, 0.29) is 17.0 Å². The van der Waals surface area contributed by atoms with Gasteiger partial charge in [0, 0.05) is 18.3 Å². The molecule has 0 aliphatic heterocycles. The summed E-state index contributed by atoms with van der Waals surface area (Å²) in [4.78, 5) is 23.4. The molecule has 1 aromatic rings. The first-order valence-electron chi connectivity index (χ1n) is 10.0. The molecule has 0 N–H and O–H groups in total. The third kappa shape index (κ3) is 6.42. The van der Waals surface area contributed by atoms with E-state index < -0.39 is 0 Å². The Morgan fingerprint density at radius 2 is 1.93 bits per heavy atom. The van der Waals surface area contributed by atoms with Crippen LogP contribution in [0.15, 0.2) is 65.3 Å². The van der Waals surface area contributed by atoms with Crippen molar-refractivity contribution in [2.24, 2.45) is 5.41 Å². The molecule has 28 heavy (non-hydrogen) atoms. The molecule has 0 spiro atoms. The van der Waals surface area contributed by atoms with E-state index in [4.69, 9.17) is 4.74 Å². The second-order valence-corrected chi connectivity index (χ2v) is 8.02. The largest absolute Gasteiger partial charge is 0.376 e. The Balaban J connectivity index is 2.10. The number of carbonyl (C=O) groups excluding carboxylic acids is 2. The van der Waals surface area contributed by atoms with Gasteiger partial charge in [0.15, 0.2) is 5.78 Å². The highest BCUT2D eigenvalue weighted by Crippen LogP contribution is 2.40. The number of allylic oxidation sites excluding steroid dienone is 5. The van der Waals surface area contributed by atoms with E-state index in [1.807, 2.05) is 38.1 Å². The minimum absolute atomic E-state index is 0.178. The maximum Gasteiger partial charge on any atom is 0.158 e. The second kappa shape index (κ2) is 10.3. The minimum atomic E-state index is -0.178. The van der Waals surface area contributed by atoms with E-state index in [0.29, 0.717) is 26.1 Å². The second-order valence-electron chi connectivity index (χ2n) is 8.02. The lowest BCUT2D eigenvalue weighted by Crippen LogP contribution is -2.31. The summed E-state index contributed by atoms with van der Waals surface area (Å²) >= 11 is 0. The van der Waals surface area contributed by atoms with Crippen LogP contribution in [-0.4, -0.2) is 18.2 Å². The number of hydrogen-bond acceptors (Lipinski definition) is 3. The monoisotopic (exact) mass is 380 g/mol. The molecule has 150 valence electrons. The van der Waals surface area contributed by atoms with Crippen LogP contribution >= 0.6 is 0 Å². The Morgan fingerprint density at radius 3 is 2.61 bits per heavy atom. The van der Waals surface area contributed by atoms with Gasteiger partial charge in [-0.3, -0.25) is 4.79 Å². The van der Waals surface area contributed by atoms with Gasteiger partial charge in [0.2, 0.25) is 0 Å². The smallest absolute Gasteiger partial charge is 0.158 e. The van der Waals surface area contributed by atoms with E-state index in [2.05, 4.69) is 31.2 Å². The van der Waals surface area contributed by atoms with Crippen LogP contribution in [0.1, 0.15) is 58.9 Å². The van der Waals surface area contributed by atoms with Crippen molar-refractivity contribution in [1.82, 2.24) is 0 Å². The van der Waals surface area contributed by atoms with Gasteiger partial charge in [-0.05, 0) is 50.3 Å². The normalized spacial score (nSPS) is 20.9. The summed E-state index contributed by atoms with van der Waals surface area (Å²) in [5, 5.41) is 0. The van der Waals surface area contributed by atoms with Gasteiger partial charge < -0.3 is 9.53 Å². The highest BCUT2D eigenvalue weighted by atomic mass is 16.5. The van der Waals surface area contributed by atoms with Crippen LogP contribution in [0.4, 0.5) is 0 Å². The van der Waals surface area contributed by atoms with Crippen molar-refractivity contribution in [2.45, 2.75) is 60.0 Å². The topological polar surface area (TPSA) is 43.4 Å². The third-order valence-corrected chi connectivity index (χ3v) is 5.38. The van der Waals surface area contributed by atoms with Crippen molar-refractivity contribution >= 4 is 11.6 Å². The molecule has 0 radical (unpaired) electrons. The van der Waals surface area contributed by atoms with Crippen LogP contribution in [-0.2, 0) is 20.9 Å². The van der Waals surface area contributed by atoms with Gasteiger partial charge >= 0.3 is 0 Å².